The molecule has 0 saturated heterocycles. The SMILES string of the molecule is COc1cc(C=NNC(=O)CSc2nnc(-c3ccncc3)n2-c2ccc(Cl)cc2)ccc1OC(C)=O. The monoisotopic (exact) mass is 536 g/mol. The van der Waals surface area contributed by atoms with Crippen LogP contribution in [0.5, 0.6) is 11.5 Å². The van der Waals surface area contributed by atoms with E-state index in [1.807, 2.05) is 28.8 Å². The first-order chi connectivity index (χ1) is 17.9. The standard InChI is InChI=1S/C25H21ClN6O4S/c1-16(33)36-21-8-3-17(13-22(21)35-2)14-28-29-23(34)15-37-25-31-30-24(18-9-11-27-12-10-18)32(25)20-6-4-19(26)5-7-20/h3-14H,15H2,1-2H3,(H,29,34). The van der Waals surface area contributed by atoms with Crippen LogP contribution >= 0.6 is 23.4 Å². The number of rotatable bonds is 9. The van der Waals surface area contributed by atoms with Crippen molar-refractivity contribution in [2.45, 2.75) is 12.1 Å². The van der Waals surface area contributed by atoms with Crippen molar-refractivity contribution >= 4 is 41.5 Å². The summed E-state index contributed by atoms with van der Waals surface area (Å²) in [5.74, 6) is 0.534. The van der Waals surface area contributed by atoms with Crippen LogP contribution in [0.4, 0.5) is 0 Å². The number of nitrogens with zero attached hydrogens (tertiary/aromatic N) is 5. The summed E-state index contributed by atoms with van der Waals surface area (Å²) in [5, 5.41) is 13.8. The Kier molecular flexibility index (Phi) is 8.49. The molecule has 0 aliphatic rings. The molecular weight excluding hydrogens is 516 g/mol. The van der Waals surface area contributed by atoms with Crippen LogP contribution in [0.1, 0.15) is 12.5 Å². The third kappa shape index (κ3) is 6.72. The molecule has 0 saturated carbocycles. The maximum absolute atomic E-state index is 12.5. The van der Waals surface area contributed by atoms with Crippen molar-refractivity contribution in [1.29, 1.82) is 0 Å². The van der Waals surface area contributed by atoms with E-state index in [9.17, 15) is 9.59 Å². The predicted molar refractivity (Wildman–Crippen MR) is 140 cm³/mol. The van der Waals surface area contributed by atoms with E-state index in [4.69, 9.17) is 21.1 Å². The molecule has 0 unspecified atom stereocenters. The highest BCUT2D eigenvalue weighted by atomic mass is 35.5. The average Bonchev–Trinajstić information content (AvgIpc) is 3.33. The lowest BCUT2D eigenvalue weighted by Crippen LogP contribution is -2.20. The Hall–Kier alpha value is -4.22. The van der Waals surface area contributed by atoms with Gasteiger partial charge in [0.2, 0.25) is 0 Å². The van der Waals surface area contributed by atoms with Crippen LogP contribution in [0.15, 0.2) is 77.2 Å². The molecule has 0 atom stereocenters. The van der Waals surface area contributed by atoms with Crippen LogP contribution in [0.25, 0.3) is 17.1 Å². The first-order valence-electron chi connectivity index (χ1n) is 10.9. The van der Waals surface area contributed by atoms with E-state index in [1.165, 1.54) is 32.0 Å². The molecule has 12 heteroatoms. The van der Waals surface area contributed by atoms with E-state index in [2.05, 4.69) is 25.7 Å². The van der Waals surface area contributed by atoms with Gasteiger partial charge >= 0.3 is 5.97 Å². The normalized spacial score (nSPS) is 10.9. The van der Waals surface area contributed by atoms with Crippen molar-refractivity contribution in [3.05, 3.63) is 77.6 Å². The molecule has 0 fully saturated rings. The smallest absolute Gasteiger partial charge is 0.308 e. The number of carbonyl (C=O) groups is 2. The quantitative estimate of drug-likeness (QED) is 0.111. The number of pyridine rings is 1. The minimum absolute atomic E-state index is 0.0497. The van der Waals surface area contributed by atoms with Gasteiger partial charge in [0, 0.05) is 35.6 Å². The summed E-state index contributed by atoms with van der Waals surface area (Å²) >= 11 is 7.28. The van der Waals surface area contributed by atoms with Gasteiger partial charge in [0.05, 0.1) is 19.1 Å². The number of methoxy groups -OCH3 is 1. The van der Waals surface area contributed by atoms with Gasteiger partial charge in [-0.15, -0.1) is 10.2 Å². The van der Waals surface area contributed by atoms with Gasteiger partial charge < -0.3 is 9.47 Å². The Morgan fingerprint density at radius 2 is 1.84 bits per heavy atom. The maximum Gasteiger partial charge on any atom is 0.308 e. The highest BCUT2D eigenvalue weighted by molar-refractivity contribution is 7.99. The second-order valence-corrected chi connectivity index (χ2v) is 8.82. The molecule has 4 aromatic rings. The van der Waals surface area contributed by atoms with Crippen LogP contribution < -0.4 is 14.9 Å². The van der Waals surface area contributed by atoms with Gasteiger partial charge in [-0.25, -0.2) is 5.43 Å². The van der Waals surface area contributed by atoms with E-state index in [0.29, 0.717) is 33.1 Å². The summed E-state index contributed by atoms with van der Waals surface area (Å²) in [6.07, 6.45) is 4.81. The van der Waals surface area contributed by atoms with Crippen molar-refractivity contribution in [3.8, 4) is 28.6 Å². The zero-order valence-corrected chi connectivity index (χ0v) is 21.4. The van der Waals surface area contributed by atoms with Crippen molar-refractivity contribution < 1.29 is 19.1 Å². The number of hydrogen-bond acceptors (Lipinski definition) is 9. The lowest BCUT2D eigenvalue weighted by Gasteiger charge is -2.10. The average molecular weight is 537 g/mol. The summed E-state index contributed by atoms with van der Waals surface area (Å²) in [6, 6.07) is 15.8. The van der Waals surface area contributed by atoms with Gasteiger partial charge in [-0.05, 0) is 60.2 Å². The van der Waals surface area contributed by atoms with Gasteiger partial charge in [0.1, 0.15) is 0 Å². The number of benzene rings is 2. The number of amides is 1. The minimum Gasteiger partial charge on any atom is -0.493 e. The third-order valence-electron chi connectivity index (χ3n) is 4.83. The molecule has 2 aromatic carbocycles. The molecule has 1 amide bonds. The van der Waals surface area contributed by atoms with Gasteiger partial charge in [-0.1, -0.05) is 23.4 Å². The Labute approximate surface area is 221 Å². The zero-order chi connectivity index (χ0) is 26.2. The lowest BCUT2D eigenvalue weighted by molar-refractivity contribution is -0.132. The molecule has 1 N–H and O–H groups in total. The maximum atomic E-state index is 12.5. The molecule has 2 aromatic heterocycles. The molecule has 37 heavy (non-hydrogen) atoms. The topological polar surface area (TPSA) is 121 Å². The van der Waals surface area contributed by atoms with Gasteiger partial charge in [0.15, 0.2) is 22.5 Å². The van der Waals surface area contributed by atoms with Crippen LogP contribution in [0.2, 0.25) is 5.02 Å². The summed E-state index contributed by atoms with van der Waals surface area (Å²) in [5.41, 5.74) is 4.76. The number of halogens is 1. The zero-order valence-electron chi connectivity index (χ0n) is 19.8. The Bertz CT molecular complexity index is 1430. The first kappa shape index (κ1) is 25.9. The Morgan fingerprint density at radius 1 is 1.08 bits per heavy atom. The van der Waals surface area contributed by atoms with Crippen LogP contribution in [-0.4, -0.2) is 50.7 Å². The van der Waals surface area contributed by atoms with Gasteiger partial charge in [-0.2, -0.15) is 5.10 Å². The second kappa shape index (κ2) is 12.2. The number of aromatic nitrogens is 4. The number of hydrogen-bond donors (Lipinski definition) is 1. The van der Waals surface area contributed by atoms with E-state index < -0.39 is 5.97 Å². The molecule has 2 heterocycles. The van der Waals surface area contributed by atoms with E-state index in [-0.39, 0.29) is 11.7 Å². The highest BCUT2D eigenvalue weighted by Gasteiger charge is 2.17. The fourth-order valence-electron chi connectivity index (χ4n) is 3.22. The summed E-state index contributed by atoms with van der Waals surface area (Å²) < 4.78 is 12.2. The number of esters is 1. The van der Waals surface area contributed by atoms with Crippen molar-refractivity contribution in [1.82, 2.24) is 25.2 Å². The Balaban J connectivity index is 1.45. The largest absolute Gasteiger partial charge is 0.493 e. The number of thioether (sulfide) groups is 1. The summed E-state index contributed by atoms with van der Waals surface area (Å²) in [6.45, 7) is 1.31. The molecule has 4 rings (SSSR count). The minimum atomic E-state index is -0.454. The van der Waals surface area contributed by atoms with Gasteiger partial charge in [-0.3, -0.25) is 19.1 Å². The molecular formula is C25H21ClN6O4S. The van der Waals surface area contributed by atoms with Crippen LogP contribution in [-0.2, 0) is 9.59 Å². The number of ether oxygens (including phenoxy) is 2. The molecule has 0 aliphatic carbocycles. The Morgan fingerprint density at radius 3 is 2.54 bits per heavy atom. The van der Waals surface area contributed by atoms with E-state index in [0.717, 1.165) is 11.3 Å². The summed E-state index contributed by atoms with van der Waals surface area (Å²) in [4.78, 5) is 27.7. The summed E-state index contributed by atoms with van der Waals surface area (Å²) in [7, 11) is 1.46. The molecule has 0 aliphatic heterocycles. The number of nitrogens with one attached hydrogen (secondary N) is 1. The van der Waals surface area contributed by atoms with Crippen molar-refractivity contribution in [2.24, 2.45) is 5.10 Å². The van der Waals surface area contributed by atoms with E-state index in [1.54, 1.807) is 42.7 Å². The molecule has 0 radical (unpaired) electrons. The number of hydrazone groups is 1. The molecule has 0 spiro atoms. The lowest BCUT2D eigenvalue weighted by atomic mass is 10.2. The van der Waals surface area contributed by atoms with Crippen molar-refractivity contribution in [2.75, 3.05) is 12.9 Å². The molecule has 188 valence electrons. The fourth-order valence-corrected chi connectivity index (χ4v) is 4.09. The third-order valence-corrected chi connectivity index (χ3v) is 6.01. The van der Waals surface area contributed by atoms with Crippen molar-refractivity contribution in [3.63, 3.8) is 0 Å². The second-order valence-electron chi connectivity index (χ2n) is 7.44. The van der Waals surface area contributed by atoms with Gasteiger partial charge in [0.25, 0.3) is 5.91 Å². The van der Waals surface area contributed by atoms with Crippen LogP contribution in [0.3, 0.4) is 0 Å². The highest BCUT2D eigenvalue weighted by Crippen LogP contribution is 2.29. The first-order valence-corrected chi connectivity index (χ1v) is 12.2. The van der Waals surface area contributed by atoms with E-state index >= 15 is 0 Å². The molecule has 0 bridgehead atoms. The fraction of sp³-hybridized carbons (Fsp3) is 0.120. The number of carbonyl (C=O) groups excluding carboxylic acids is 2. The van der Waals surface area contributed by atoms with Crippen LogP contribution in [0, 0.1) is 0 Å². The predicted octanol–water partition coefficient (Wildman–Crippen LogP) is 4.16. The molecule has 10 nitrogen and oxygen atoms in total.